The quantitative estimate of drug-likeness (QED) is 0.385. The number of aliphatic hydroxyl groups is 1. The third-order valence-electron chi connectivity index (χ3n) is 1.74. The third-order valence-corrected chi connectivity index (χ3v) is 1.74. The van der Waals surface area contributed by atoms with Gasteiger partial charge in [0.05, 0.1) is 6.61 Å². The maximum atomic E-state index is 9.28. The molecule has 0 aromatic rings. The van der Waals surface area contributed by atoms with E-state index in [2.05, 4.69) is 6.92 Å². The molecule has 15 heavy (non-hydrogen) atoms. The first-order valence-electron chi connectivity index (χ1n) is 5.47. The van der Waals surface area contributed by atoms with Crippen LogP contribution in [0.15, 0.2) is 23.8 Å². The Morgan fingerprint density at radius 3 is 2.60 bits per heavy atom. The Morgan fingerprint density at radius 2 is 2.13 bits per heavy atom. The molecule has 0 heterocycles. The molecule has 0 rings (SSSR count). The van der Waals surface area contributed by atoms with E-state index in [4.69, 9.17) is 10.5 Å². The summed E-state index contributed by atoms with van der Waals surface area (Å²) < 4.78 is 5.28. The van der Waals surface area contributed by atoms with Crippen LogP contribution in [-0.2, 0) is 4.74 Å². The van der Waals surface area contributed by atoms with Crippen molar-refractivity contribution < 1.29 is 9.84 Å². The molecule has 0 bridgehead atoms. The van der Waals surface area contributed by atoms with Crippen LogP contribution in [0.1, 0.15) is 27.2 Å². The summed E-state index contributed by atoms with van der Waals surface area (Å²) in [6, 6.07) is 0. The number of allylic oxidation sites excluding steroid dienone is 1. The zero-order valence-electron chi connectivity index (χ0n) is 9.94. The maximum Gasteiger partial charge on any atom is 0.128 e. The number of hydrogen-bond acceptors (Lipinski definition) is 3. The molecule has 0 aliphatic rings. The Labute approximate surface area is 92.6 Å². The van der Waals surface area contributed by atoms with Crippen LogP contribution in [0.25, 0.3) is 0 Å². The van der Waals surface area contributed by atoms with Crippen molar-refractivity contribution in [1.82, 2.24) is 0 Å². The number of rotatable bonds is 7. The molecule has 0 aromatic heterocycles. The molecular weight excluding hydrogens is 190 g/mol. The van der Waals surface area contributed by atoms with Gasteiger partial charge in [-0.3, -0.25) is 0 Å². The summed E-state index contributed by atoms with van der Waals surface area (Å²) in [4.78, 5) is 0. The third kappa shape index (κ3) is 8.36. The van der Waals surface area contributed by atoms with Gasteiger partial charge in [-0.2, -0.15) is 0 Å². The van der Waals surface area contributed by atoms with Gasteiger partial charge < -0.3 is 15.6 Å². The molecule has 0 saturated carbocycles. The van der Waals surface area contributed by atoms with Gasteiger partial charge >= 0.3 is 0 Å². The summed E-state index contributed by atoms with van der Waals surface area (Å²) in [7, 11) is 0. The normalized spacial score (nSPS) is 15.2. The molecule has 3 N–H and O–H groups in total. The van der Waals surface area contributed by atoms with Crippen molar-refractivity contribution in [2.45, 2.75) is 33.4 Å². The highest BCUT2D eigenvalue weighted by molar-refractivity contribution is 5.22. The van der Waals surface area contributed by atoms with E-state index < -0.39 is 6.23 Å². The van der Waals surface area contributed by atoms with E-state index in [0.717, 1.165) is 18.6 Å². The summed E-state index contributed by atoms with van der Waals surface area (Å²) in [6.45, 7) is 7.49. The molecule has 0 amide bonds. The lowest BCUT2D eigenvalue weighted by molar-refractivity contribution is 0.163. The van der Waals surface area contributed by atoms with Gasteiger partial charge in [0, 0.05) is 6.61 Å². The number of hydrogen-bond donors (Lipinski definition) is 2. The van der Waals surface area contributed by atoms with Gasteiger partial charge in [-0.25, -0.2) is 0 Å². The summed E-state index contributed by atoms with van der Waals surface area (Å²) in [5.41, 5.74) is 6.16. The highest BCUT2D eigenvalue weighted by Crippen LogP contribution is 2.06. The van der Waals surface area contributed by atoms with Gasteiger partial charge in [-0.15, -0.1) is 0 Å². The fraction of sp³-hybridized carbons (Fsp3) is 0.667. The Balaban J connectivity index is 4.06. The molecule has 1 unspecified atom stereocenters. The molecule has 88 valence electrons. The van der Waals surface area contributed by atoms with Gasteiger partial charge in [0.1, 0.15) is 6.23 Å². The van der Waals surface area contributed by atoms with Crippen molar-refractivity contribution >= 4 is 0 Å². The van der Waals surface area contributed by atoms with Crippen molar-refractivity contribution in [1.29, 1.82) is 0 Å². The summed E-state index contributed by atoms with van der Waals surface area (Å²) in [5, 5.41) is 9.28. The van der Waals surface area contributed by atoms with Crippen LogP contribution in [0, 0.1) is 5.92 Å². The zero-order valence-corrected chi connectivity index (χ0v) is 9.94. The monoisotopic (exact) mass is 213 g/mol. The standard InChI is InChI=1S/C12H23NO2/c1-4-7-15-8-5-6-11(12(13)14)9-10(2)3/h5-6,9-10,12,14H,4,7-8,13H2,1-3H3/b6-5-,11-9+. The number of ether oxygens (including phenoxy) is 1. The van der Waals surface area contributed by atoms with Crippen LogP contribution in [0.5, 0.6) is 0 Å². The Bertz CT molecular complexity index is 208. The second-order valence-corrected chi connectivity index (χ2v) is 3.83. The maximum absolute atomic E-state index is 9.28. The molecule has 0 spiro atoms. The van der Waals surface area contributed by atoms with Gasteiger partial charge in [-0.05, 0) is 17.9 Å². The lowest BCUT2D eigenvalue weighted by Gasteiger charge is -2.07. The van der Waals surface area contributed by atoms with E-state index in [1.165, 1.54) is 0 Å². The van der Waals surface area contributed by atoms with Crippen molar-refractivity contribution in [3.8, 4) is 0 Å². The first-order valence-corrected chi connectivity index (χ1v) is 5.47. The molecular formula is C12H23NO2. The lowest BCUT2D eigenvalue weighted by Crippen LogP contribution is -2.21. The van der Waals surface area contributed by atoms with Crippen LogP contribution in [-0.4, -0.2) is 24.5 Å². The van der Waals surface area contributed by atoms with Crippen molar-refractivity contribution in [3.05, 3.63) is 23.8 Å². The Kier molecular flexibility index (Phi) is 8.28. The summed E-state index contributed by atoms with van der Waals surface area (Å²) >= 11 is 0. The predicted octanol–water partition coefficient (Wildman–Crippen LogP) is 1.83. The van der Waals surface area contributed by atoms with Crippen molar-refractivity contribution in [3.63, 3.8) is 0 Å². The first kappa shape index (κ1) is 14.4. The van der Waals surface area contributed by atoms with Gasteiger partial charge in [0.2, 0.25) is 0 Å². The second-order valence-electron chi connectivity index (χ2n) is 3.83. The van der Waals surface area contributed by atoms with Crippen molar-refractivity contribution in [2.24, 2.45) is 11.7 Å². The molecule has 0 saturated heterocycles. The fourth-order valence-corrected chi connectivity index (χ4v) is 1.12. The predicted molar refractivity (Wildman–Crippen MR) is 63.4 cm³/mol. The van der Waals surface area contributed by atoms with E-state index in [1.807, 2.05) is 32.1 Å². The molecule has 1 atom stereocenters. The first-order chi connectivity index (χ1) is 7.07. The second kappa shape index (κ2) is 8.65. The van der Waals surface area contributed by atoms with Crippen LogP contribution < -0.4 is 5.73 Å². The summed E-state index contributed by atoms with van der Waals surface area (Å²) in [5.74, 6) is 0.374. The Hall–Kier alpha value is -0.640. The molecule has 0 aromatic carbocycles. The minimum Gasteiger partial charge on any atom is -0.377 e. The van der Waals surface area contributed by atoms with Gasteiger partial charge in [-0.1, -0.05) is 39.0 Å². The van der Waals surface area contributed by atoms with Crippen LogP contribution in [0.3, 0.4) is 0 Å². The van der Waals surface area contributed by atoms with Gasteiger partial charge in [0.15, 0.2) is 0 Å². The number of aliphatic hydroxyl groups excluding tert-OH is 1. The topological polar surface area (TPSA) is 55.5 Å². The SMILES string of the molecule is CCCOC/C=C\C(=C/C(C)C)C(N)O. The van der Waals surface area contributed by atoms with E-state index in [0.29, 0.717) is 12.5 Å². The smallest absolute Gasteiger partial charge is 0.128 e. The highest BCUT2D eigenvalue weighted by atomic mass is 16.5. The molecule has 0 fully saturated rings. The number of nitrogens with two attached hydrogens (primary N) is 1. The van der Waals surface area contributed by atoms with Crippen molar-refractivity contribution in [2.75, 3.05) is 13.2 Å². The molecule has 0 aliphatic carbocycles. The zero-order chi connectivity index (χ0) is 11.7. The van der Waals surface area contributed by atoms with Crippen LogP contribution >= 0.6 is 0 Å². The van der Waals surface area contributed by atoms with E-state index in [9.17, 15) is 5.11 Å². The van der Waals surface area contributed by atoms with E-state index in [1.54, 1.807) is 0 Å². The average Bonchev–Trinajstić information content (AvgIpc) is 2.15. The molecule has 0 aliphatic heterocycles. The van der Waals surface area contributed by atoms with Crippen LogP contribution in [0.4, 0.5) is 0 Å². The largest absolute Gasteiger partial charge is 0.377 e. The summed E-state index contributed by atoms with van der Waals surface area (Å²) in [6.07, 6.45) is 5.75. The molecule has 0 radical (unpaired) electrons. The van der Waals surface area contributed by atoms with E-state index in [-0.39, 0.29) is 0 Å². The molecule has 3 nitrogen and oxygen atoms in total. The fourth-order valence-electron chi connectivity index (χ4n) is 1.12. The van der Waals surface area contributed by atoms with E-state index >= 15 is 0 Å². The lowest BCUT2D eigenvalue weighted by atomic mass is 10.1. The van der Waals surface area contributed by atoms with Gasteiger partial charge in [0.25, 0.3) is 0 Å². The minimum absolute atomic E-state index is 0.374. The Morgan fingerprint density at radius 1 is 1.47 bits per heavy atom. The van der Waals surface area contributed by atoms with Crippen LogP contribution in [0.2, 0.25) is 0 Å². The minimum atomic E-state index is -0.908. The highest BCUT2D eigenvalue weighted by Gasteiger charge is 2.01. The average molecular weight is 213 g/mol. The molecule has 3 heteroatoms.